The third-order valence-electron chi connectivity index (χ3n) is 2.13. The molecule has 3 heteroatoms. The van der Waals surface area contributed by atoms with Crippen molar-refractivity contribution >= 4 is 5.91 Å². The van der Waals surface area contributed by atoms with E-state index >= 15 is 0 Å². The quantitative estimate of drug-likeness (QED) is 0.666. The molecule has 0 radical (unpaired) electrons. The van der Waals surface area contributed by atoms with Gasteiger partial charge in [0.1, 0.15) is 0 Å². The van der Waals surface area contributed by atoms with E-state index < -0.39 is 0 Å². The Kier molecular flexibility index (Phi) is 5.39. The van der Waals surface area contributed by atoms with E-state index in [1.807, 2.05) is 6.92 Å². The molecule has 0 aromatic carbocycles. The molecule has 0 aliphatic carbocycles. The van der Waals surface area contributed by atoms with E-state index in [2.05, 4.69) is 6.92 Å². The summed E-state index contributed by atoms with van der Waals surface area (Å²) in [7, 11) is 3.53. The first-order chi connectivity index (χ1) is 6.04. The Hall–Kier alpha value is -0.830. The van der Waals surface area contributed by atoms with Gasteiger partial charge in [-0.2, -0.15) is 0 Å². The third-order valence-corrected chi connectivity index (χ3v) is 2.13. The number of nitrogens with two attached hydrogens (primary N) is 1. The maximum absolute atomic E-state index is 11.5. The molecule has 0 aromatic heterocycles. The smallest absolute Gasteiger partial charge is 0.248 e. The van der Waals surface area contributed by atoms with Crippen LogP contribution in [0.5, 0.6) is 0 Å². The van der Waals surface area contributed by atoms with Crippen molar-refractivity contribution in [2.45, 2.75) is 26.7 Å². The number of rotatable bonds is 4. The highest BCUT2D eigenvalue weighted by atomic mass is 16.2. The van der Waals surface area contributed by atoms with Crippen molar-refractivity contribution in [3.05, 3.63) is 11.1 Å². The van der Waals surface area contributed by atoms with Gasteiger partial charge in [0.2, 0.25) is 5.91 Å². The van der Waals surface area contributed by atoms with E-state index in [0.29, 0.717) is 6.54 Å². The van der Waals surface area contributed by atoms with Crippen LogP contribution in [0.25, 0.3) is 0 Å². The Morgan fingerprint density at radius 1 is 1.38 bits per heavy atom. The van der Waals surface area contributed by atoms with Gasteiger partial charge in [-0.3, -0.25) is 4.79 Å². The lowest BCUT2D eigenvalue weighted by molar-refractivity contribution is -0.124. The van der Waals surface area contributed by atoms with Gasteiger partial charge in [-0.1, -0.05) is 12.5 Å². The fourth-order valence-corrected chi connectivity index (χ4v) is 1.29. The minimum Gasteiger partial charge on any atom is -0.345 e. The van der Waals surface area contributed by atoms with Crippen LogP contribution in [0.15, 0.2) is 11.1 Å². The van der Waals surface area contributed by atoms with E-state index in [1.54, 1.807) is 19.0 Å². The van der Waals surface area contributed by atoms with E-state index in [4.69, 9.17) is 5.73 Å². The molecule has 0 saturated carbocycles. The van der Waals surface area contributed by atoms with Gasteiger partial charge in [-0.05, 0) is 26.3 Å². The Morgan fingerprint density at radius 3 is 2.23 bits per heavy atom. The van der Waals surface area contributed by atoms with E-state index in [-0.39, 0.29) is 5.91 Å². The summed E-state index contributed by atoms with van der Waals surface area (Å²) in [6.45, 7) is 4.54. The first-order valence-corrected chi connectivity index (χ1v) is 4.64. The van der Waals surface area contributed by atoms with E-state index in [9.17, 15) is 4.79 Å². The van der Waals surface area contributed by atoms with E-state index in [1.165, 1.54) is 5.57 Å². The normalized spacial score (nSPS) is 12.4. The number of hydrogen-bond acceptors (Lipinski definition) is 2. The van der Waals surface area contributed by atoms with Crippen LogP contribution in [0, 0.1) is 0 Å². The molecule has 0 spiro atoms. The molecule has 0 rings (SSSR count). The minimum atomic E-state index is 0.0882. The van der Waals surface area contributed by atoms with Gasteiger partial charge >= 0.3 is 0 Å². The average molecular weight is 184 g/mol. The average Bonchev–Trinajstić information content (AvgIpc) is 2.11. The van der Waals surface area contributed by atoms with Crippen LogP contribution in [0.3, 0.4) is 0 Å². The van der Waals surface area contributed by atoms with Gasteiger partial charge in [0.05, 0.1) is 0 Å². The van der Waals surface area contributed by atoms with Crippen LogP contribution in [-0.4, -0.2) is 31.4 Å². The Bertz CT molecular complexity index is 207. The summed E-state index contributed by atoms with van der Waals surface area (Å²) in [5, 5.41) is 0. The second-order valence-electron chi connectivity index (χ2n) is 3.32. The molecule has 0 fully saturated rings. The lowest BCUT2D eigenvalue weighted by atomic mass is 10.0. The second-order valence-corrected chi connectivity index (χ2v) is 3.32. The number of nitrogens with zero attached hydrogens (tertiary/aromatic N) is 1. The molecular weight excluding hydrogens is 164 g/mol. The molecule has 0 bridgehead atoms. The Balaban J connectivity index is 4.63. The molecule has 13 heavy (non-hydrogen) atoms. The third kappa shape index (κ3) is 3.59. The van der Waals surface area contributed by atoms with Gasteiger partial charge in [-0.15, -0.1) is 0 Å². The maximum atomic E-state index is 11.5. The van der Waals surface area contributed by atoms with Crippen molar-refractivity contribution in [1.29, 1.82) is 0 Å². The summed E-state index contributed by atoms with van der Waals surface area (Å²) in [6, 6.07) is 0. The predicted molar refractivity (Wildman–Crippen MR) is 55.4 cm³/mol. The molecule has 0 aliphatic heterocycles. The van der Waals surface area contributed by atoms with Crippen LogP contribution < -0.4 is 5.73 Å². The summed E-state index contributed by atoms with van der Waals surface area (Å²) in [4.78, 5) is 13.1. The second kappa shape index (κ2) is 5.75. The standard InChI is InChI=1S/C10H20N2O/c1-5-9(6-7-11)8(2)10(13)12(3)4/h5-7,11H2,1-4H3. The number of likely N-dealkylation sites (N-methyl/N-ethyl adjacent to an activating group) is 1. The van der Waals surface area contributed by atoms with Crippen LogP contribution in [0.4, 0.5) is 0 Å². The largest absolute Gasteiger partial charge is 0.345 e. The van der Waals surface area contributed by atoms with Crippen LogP contribution in [0.2, 0.25) is 0 Å². The van der Waals surface area contributed by atoms with E-state index in [0.717, 1.165) is 18.4 Å². The highest BCUT2D eigenvalue weighted by Gasteiger charge is 2.10. The van der Waals surface area contributed by atoms with Crippen molar-refractivity contribution in [2.75, 3.05) is 20.6 Å². The molecule has 3 nitrogen and oxygen atoms in total. The summed E-state index contributed by atoms with van der Waals surface area (Å²) < 4.78 is 0. The monoisotopic (exact) mass is 184 g/mol. The number of carbonyl (C=O) groups excluding carboxylic acids is 1. The topological polar surface area (TPSA) is 46.3 Å². The predicted octanol–water partition coefficient (Wildman–Crippen LogP) is 1.15. The van der Waals surface area contributed by atoms with Gasteiger partial charge in [0.15, 0.2) is 0 Å². The zero-order chi connectivity index (χ0) is 10.4. The van der Waals surface area contributed by atoms with Gasteiger partial charge < -0.3 is 10.6 Å². The van der Waals surface area contributed by atoms with Crippen molar-refractivity contribution in [2.24, 2.45) is 5.73 Å². The Morgan fingerprint density at radius 2 is 1.92 bits per heavy atom. The molecular formula is C10H20N2O. The summed E-state index contributed by atoms with van der Waals surface area (Å²) in [5.74, 6) is 0.0882. The zero-order valence-electron chi connectivity index (χ0n) is 9.05. The fraction of sp³-hybridized carbons (Fsp3) is 0.700. The van der Waals surface area contributed by atoms with Crippen LogP contribution in [-0.2, 0) is 4.79 Å². The maximum Gasteiger partial charge on any atom is 0.248 e. The lowest BCUT2D eigenvalue weighted by Gasteiger charge is -2.14. The molecule has 1 amide bonds. The number of amides is 1. The zero-order valence-corrected chi connectivity index (χ0v) is 9.05. The number of hydrogen-bond donors (Lipinski definition) is 1. The molecule has 0 saturated heterocycles. The Labute approximate surface area is 80.6 Å². The molecule has 2 N–H and O–H groups in total. The van der Waals surface area contributed by atoms with Gasteiger partial charge in [0, 0.05) is 19.7 Å². The van der Waals surface area contributed by atoms with Crippen LogP contribution in [0.1, 0.15) is 26.7 Å². The van der Waals surface area contributed by atoms with Crippen molar-refractivity contribution < 1.29 is 4.79 Å². The first kappa shape index (κ1) is 12.2. The van der Waals surface area contributed by atoms with Crippen molar-refractivity contribution in [3.8, 4) is 0 Å². The molecule has 76 valence electrons. The molecule has 0 atom stereocenters. The van der Waals surface area contributed by atoms with Crippen LogP contribution >= 0.6 is 0 Å². The number of carbonyl (C=O) groups is 1. The van der Waals surface area contributed by atoms with Crippen molar-refractivity contribution in [1.82, 2.24) is 4.90 Å². The summed E-state index contributed by atoms with van der Waals surface area (Å²) in [5.41, 5.74) is 7.47. The summed E-state index contributed by atoms with van der Waals surface area (Å²) in [6.07, 6.45) is 1.73. The first-order valence-electron chi connectivity index (χ1n) is 4.64. The molecule has 0 unspecified atom stereocenters. The fourth-order valence-electron chi connectivity index (χ4n) is 1.29. The SMILES string of the molecule is CCC(CCN)=C(C)C(=O)N(C)C. The van der Waals surface area contributed by atoms with Crippen molar-refractivity contribution in [3.63, 3.8) is 0 Å². The molecule has 0 aromatic rings. The molecule has 0 aliphatic rings. The van der Waals surface area contributed by atoms with Gasteiger partial charge in [-0.25, -0.2) is 0 Å². The highest BCUT2D eigenvalue weighted by Crippen LogP contribution is 2.13. The lowest BCUT2D eigenvalue weighted by Crippen LogP contribution is -2.23. The summed E-state index contributed by atoms with van der Waals surface area (Å²) >= 11 is 0. The highest BCUT2D eigenvalue weighted by molar-refractivity contribution is 5.93. The molecule has 0 heterocycles. The van der Waals surface area contributed by atoms with Gasteiger partial charge in [0.25, 0.3) is 0 Å². The minimum absolute atomic E-state index is 0.0882.